The summed E-state index contributed by atoms with van der Waals surface area (Å²) < 4.78 is 0. The van der Waals surface area contributed by atoms with Crippen LogP contribution in [0.25, 0.3) is 0 Å². The molecule has 1 saturated heterocycles. The second-order valence-corrected chi connectivity index (χ2v) is 7.83. The molecule has 1 spiro atoms. The topological polar surface area (TPSA) is 30.9 Å². The van der Waals surface area contributed by atoms with Gasteiger partial charge < -0.3 is 15.1 Å². The number of hydrogen-bond donors (Lipinski definition) is 1. The predicted molar refractivity (Wildman–Crippen MR) is 105 cm³/mol. The molecule has 0 amide bonds. The fourth-order valence-electron chi connectivity index (χ4n) is 4.71. The summed E-state index contributed by atoms with van der Waals surface area (Å²) in [7, 11) is 1.91. The van der Waals surface area contributed by atoms with E-state index >= 15 is 0 Å². The second-order valence-electron chi connectivity index (χ2n) is 7.83. The normalized spacial score (nSPS) is 22.4. The van der Waals surface area contributed by atoms with Crippen LogP contribution in [0.15, 0.2) is 41.4 Å². The molecular weight excluding hydrogens is 308 g/mol. The lowest BCUT2D eigenvalue weighted by molar-refractivity contribution is 0.309. The van der Waals surface area contributed by atoms with Crippen molar-refractivity contribution in [1.29, 1.82) is 0 Å². The molecule has 1 saturated carbocycles. The summed E-state index contributed by atoms with van der Waals surface area (Å²) in [6, 6.07) is 8.87. The van der Waals surface area contributed by atoms with Crippen molar-refractivity contribution in [1.82, 2.24) is 10.2 Å². The first-order chi connectivity index (χ1) is 12.3. The van der Waals surface area contributed by atoms with E-state index in [0.717, 1.165) is 32.1 Å². The van der Waals surface area contributed by atoms with E-state index in [0.29, 0.717) is 5.41 Å². The Balaban J connectivity index is 1.36. The maximum absolute atomic E-state index is 4.55. The maximum atomic E-state index is 4.55. The molecule has 0 radical (unpaired) electrons. The van der Waals surface area contributed by atoms with Gasteiger partial charge in [-0.3, -0.25) is 4.99 Å². The van der Waals surface area contributed by atoms with Crippen molar-refractivity contribution in [3.8, 4) is 0 Å². The summed E-state index contributed by atoms with van der Waals surface area (Å²) in [6.45, 7) is 5.22. The Kier molecular flexibility index (Phi) is 4.69. The Morgan fingerprint density at radius 1 is 1.16 bits per heavy atom. The fourth-order valence-corrected chi connectivity index (χ4v) is 4.71. The number of likely N-dealkylation sites (tertiary alicyclic amines) is 1. The molecule has 4 heteroatoms. The molecule has 2 aliphatic heterocycles. The molecule has 2 fully saturated rings. The largest absolute Gasteiger partial charge is 0.364 e. The number of rotatable bonds is 3. The smallest absolute Gasteiger partial charge is 0.193 e. The van der Waals surface area contributed by atoms with Crippen LogP contribution in [-0.2, 0) is 6.54 Å². The Morgan fingerprint density at radius 2 is 1.96 bits per heavy atom. The minimum absolute atomic E-state index is 0.584. The molecule has 1 aliphatic carbocycles. The number of aliphatic imine (C=N–C) groups is 1. The van der Waals surface area contributed by atoms with Crippen LogP contribution >= 0.6 is 0 Å². The van der Waals surface area contributed by atoms with Gasteiger partial charge in [-0.05, 0) is 42.4 Å². The van der Waals surface area contributed by atoms with Crippen molar-refractivity contribution >= 4 is 11.6 Å². The first-order valence-electron chi connectivity index (χ1n) is 9.73. The quantitative estimate of drug-likeness (QED) is 0.521. The van der Waals surface area contributed by atoms with Gasteiger partial charge in [0.15, 0.2) is 5.96 Å². The van der Waals surface area contributed by atoms with Crippen LogP contribution in [0.4, 0.5) is 5.69 Å². The molecule has 2 heterocycles. The molecular formula is C21H30N4. The molecule has 0 unspecified atom stereocenters. The standard InChI is InChI=1S/C21H30N4/c1-22-20(25-14-11-21(17-25)9-2-3-10-21)23-16-18-7-6-8-19(15-18)24-12-4-5-13-24/h4-8,15H,2-3,9-14,16-17H2,1H3,(H,22,23). The summed E-state index contributed by atoms with van der Waals surface area (Å²) >= 11 is 0. The Morgan fingerprint density at radius 3 is 2.72 bits per heavy atom. The maximum Gasteiger partial charge on any atom is 0.193 e. The van der Waals surface area contributed by atoms with Crippen LogP contribution in [0.2, 0.25) is 0 Å². The lowest BCUT2D eigenvalue weighted by atomic mass is 9.86. The van der Waals surface area contributed by atoms with Crippen LogP contribution in [0.1, 0.15) is 37.7 Å². The molecule has 25 heavy (non-hydrogen) atoms. The Bertz CT molecular complexity index is 650. The minimum Gasteiger partial charge on any atom is -0.364 e. The van der Waals surface area contributed by atoms with Gasteiger partial charge >= 0.3 is 0 Å². The summed E-state index contributed by atoms with van der Waals surface area (Å²) in [6.07, 6.45) is 11.5. The van der Waals surface area contributed by atoms with Crippen LogP contribution in [-0.4, -0.2) is 44.1 Å². The van der Waals surface area contributed by atoms with Crippen molar-refractivity contribution in [3.63, 3.8) is 0 Å². The van der Waals surface area contributed by atoms with E-state index in [-0.39, 0.29) is 0 Å². The van der Waals surface area contributed by atoms with E-state index in [1.54, 1.807) is 0 Å². The zero-order valence-electron chi connectivity index (χ0n) is 15.4. The number of guanidine groups is 1. The highest BCUT2D eigenvalue weighted by Crippen LogP contribution is 2.45. The van der Waals surface area contributed by atoms with E-state index in [2.05, 4.69) is 56.5 Å². The van der Waals surface area contributed by atoms with Crippen molar-refractivity contribution in [2.24, 2.45) is 10.4 Å². The lowest BCUT2D eigenvalue weighted by Gasteiger charge is -2.26. The van der Waals surface area contributed by atoms with Crippen molar-refractivity contribution in [3.05, 3.63) is 42.0 Å². The highest BCUT2D eigenvalue weighted by atomic mass is 15.3. The zero-order chi connectivity index (χ0) is 17.1. The van der Waals surface area contributed by atoms with Gasteiger partial charge in [-0.15, -0.1) is 0 Å². The molecule has 1 N–H and O–H groups in total. The van der Waals surface area contributed by atoms with E-state index in [1.807, 2.05) is 7.05 Å². The van der Waals surface area contributed by atoms with Crippen LogP contribution in [0, 0.1) is 5.41 Å². The molecule has 1 aromatic rings. The average molecular weight is 338 g/mol. The van der Waals surface area contributed by atoms with Gasteiger partial charge in [0.05, 0.1) is 0 Å². The van der Waals surface area contributed by atoms with Crippen molar-refractivity contribution in [2.75, 3.05) is 38.1 Å². The van der Waals surface area contributed by atoms with Crippen LogP contribution < -0.4 is 10.2 Å². The number of hydrogen-bond acceptors (Lipinski definition) is 2. The van der Waals surface area contributed by atoms with Gasteiger partial charge in [0.2, 0.25) is 0 Å². The number of nitrogens with one attached hydrogen (secondary N) is 1. The highest BCUT2D eigenvalue weighted by molar-refractivity contribution is 5.80. The van der Waals surface area contributed by atoms with E-state index in [4.69, 9.17) is 0 Å². The van der Waals surface area contributed by atoms with Gasteiger partial charge in [-0.1, -0.05) is 37.1 Å². The number of nitrogens with zero attached hydrogens (tertiary/aromatic N) is 3. The third kappa shape index (κ3) is 3.53. The number of anilines is 1. The summed E-state index contributed by atoms with van der Waals surface area (Å²) in [4.78, 5) is 9.41. The van der Waals surface area contributed by atoms with Gasteiger partial charge in [-0.2, -0.15) is 0 Å². The Labute approximate surface area is 151 Å². The van der Waals surface area contributed by atoms with Crippen LogP contribution in [0.5, 0.6) is 0 Å². The Hall–Kier alpha value is -1.97. The monoisotopic (exact) mass is 338 g/mol. The number of benzene rings is 1. The van der Waals surface area contributed by atoms with E-state index in [1.165, 1.54) is 49.9 Å². The highest BCUT2D eigenvalue weighted by Gasteiger charge is 2.41. The van der Waals surface area contributed by atoms with Crippen molar-refractivity contribution in [2.45, 2.75) is 38.6 Å². The van der Waals surface area contributed by atoms with Gasteiger partial charge in [0, 0.05) is 45.5 Å². The predicted octanol–water partition coefficient (Wildman–Crippen LogP) is 3.40. The first-order valence-corrected chi connectivity index (χ1v) is 9.73. The fraction of sp³-hybridized carbons (Fsp3) is 0.571. The molecule has 0 atom stereocenters. The average Bonchev–Trinajstić information content (AvgIpc) is 3.40. The molecule has 0 aromatic heterocycles. The lowest BCUT2D eigenvalue weighted by Crippen LogP contribution is -2.40. The molecule has 3 aliphatic rings. The second kappa shape index (κ2) is 7.11. The summed E-state index contributed by atoms with van der Waals surface area (Å²) in [5.41, 5.74) is 3.21. The SMILES string of the molecule is CN=C(NCc1cccc(N2CC=CC2)c1)N1CCC2(CCCC2)C1. The molecule has 4 rings (SSSR count). The summed E-state index contributed by atoms with van der Waals surface area (Å²) in [5.74, 6) is 1.07. The minimum atomic E-state index is 0.584. The van der Waals surface area contributed by atoms with Gasteiger partial charge in [0.25, 0.3) is 0 Å². The summed E-state index contributed by atoms with van der Waals surface area (Å²) in [5, 5.41) is 3.59. The first kappa shape index (κ1) is 16.5. The van der Waals surface area contributed by atoms with Gasteiger partial charge in [0.1, 0.15) is 0 Å². The molecule has 134 valence electrons. The molecule has 0 bridgehead atoms. The van der Waals surface area contributed by atoms with E-state index in [9.17, 15) is 0 Å². The molecule has 1 aromatic carbocycles. The molecule has 4 nitrogen and oxygen atoms in total. The zero-order valence-corrected chi connectivity index (χ0v) is 15.4. The van der Waals surface area contributed by atoms with Gasteiger partial charge in [-0.25, -0.2) is 0 Å². The van der Waals surface area contributed by atoms with E-state index < -0.39 is 0 Å². The van der Waals surface area contributed by atoms with Crippen LogP contribution in [0.3, 0.4) is 0 Å². The third-order valence-corrected chi connectivity index (χ3v) is 6.16. The third-order valence-electron chi connectivity index (χ3n) is 6.16. The van der Waals surface area contributed by atoms with Crippen molar-refractivity contribution < 1.29 is 0 Å².